The first-order chi connectivity index (χ1) is 6.65. The monoisotopic (exact) mass is 202 g/mol. The third-order valence-electron chi connectivity index (χ3n) is 1.74. The number of hydrogen-bond donors (Lipinski definition) is 1. The van der Waals surface area contributed by atoms with Gasteiger partial charge >= 0.3 is 0 Å². The lowest BCUT2D eigenvalue weighted by Gasteiger charge is -2.07. The summed E-state index contributed by atoms with van der Waals surface area (Å²) in [5.41, 5.74) is 0. The fourth-order valence-corrected chi connectivity index (χ4v) is 0.982. The molecule has 0 unspecified atom stereocenters. The SMILES string of the molecule is CCCCOc1cc(O)cc(F)c1F. The highest BCUT2D eigenvalue weighted by atomic mass is 19.2. The minimum absolute atomic E-state index is 0.240. The second-order valence-corrected chi connectivity index (χ2v) is 2.94. The van der Waals surface area contributed by atoms with Gasteiger partial charge in [-0.3, -0.25) is 0 Å². The van der Waals surface area contributed by atoms with Crippen LogP contribution in [0.1, 0.15) is 19.8 Å². The van der Waals surface area contributed by atoms with Crippen molar-refractivity contribution in [2.75, 3.05) is 6.61 Å². The Morgan fingerprint density at radius 3 is 2.71 bits per heavy atom. The van der Waals surface area contributed by atoms with E-state index in [0.29, 0.717) is 12.7 Å². The van der Waals surface area contributed by atoms with Crippen molar-refractivity contribution in [2.24, 2.45) is 0 Å². The lowest BCUT2D eigenvalue weighted by atomic mass is 10.3. The van der Waals surface area contributed by atoms with E-state index in [4.69, 9.17) is 9.84 Å². The van der Waals surface area contributed by atoms with Crippen LogP contribution >= 0.6 is 0 Å². The molecule has 0 saturated carbocycles. The minimum Gasteiger partial charge on any atom is -0.508 e. The van der Waals surface area contributed by atoms with Gasteiger partial charge < -0.3 is 9.84 Å². The van der Waals surface area contributed by atoms with E-state index in [-0.39, 0.29) is 11.5 Å². The predicted molar refractivity (Wildman–Crippen MR) is 48.4 cm³/mol. The molecule has 0 bridgehead atoms. The molecule has 0 atom stereocenters. The number of phenolic OH excluding ortho intramolecular Hbond substituents is 1. The van der Waals surface area contributed by atoms with Crippen LogP contribution in [0.4, 0.5) is 8.78 Å². The lowest BCUT2D eigenvalue weighted by Crippen LogP contribution is -1.99. The molecule has 0 radical (unpaired) electrons. The molecule has 0 aromatic heterocycles. The molecule has 0 saturated heterocycles. The number of phenols is 1. The van der Waals surface area contributed by atoms with Crippen molar-refractivity contribution in [1.29, 1.82) is 0 Å². The lowest BCUT2D eigenvalue weighted by molar-refractivity contribution is 0.286. The van der Waals surface area contributed by atoms with Crippen LogP contribution in [0.25, 0.3) is 0 Å². The zero-order chi connectivity index (χ0) is 10.6. The van der Waals surface area contributed by atoms with E-state index in [1.807, 2.05) is 6.92 Å². The van der Waals surface area contributed by atoms with E-state index in [0.717, 1.165) is 18.9 Å². The van der Waals surface area contributed by atoms with Gasteiger partial charge in [0, 0.05) is 12.1 Å². The van der Waals surface area contributed by atoms with Crippen molar-refractivity contribution in [3.8, 4) is 11.5 Å². The van der Waals surface area contributed by atoms with Crippen LogP contribution < -0.4 is 4.74 Å². The van der Waals surface area contributed by atoms with Gasteiger partial charge in [-0.15, -0.1) is 0 Å². The Balaban J connectivity index is 2.75. The maximum Gasteiger partial charge on any atom is 0.200 e. The summed E-state index contributed by atoms with van der Waals surface area (Å²) in [5.74, 6) is -2.73. The number of halogens is 2. The molecule has 2 nitrogen and oxygen atoms in total. The first-order valence-corrected chi connectivity index (χ1v) is 4.46. The zero-order valence-electron chi connectivity index (χ0n) is 7.89. The topological polar surface area (TPSA) is 29.5 Å². The fourth-order valence-electron chi connectivity index (χ4n) is 0.982. The largest absolute Gasteiger partial charge is 0.508 e. The maximum absolute atomic E-state index is 13.0. The van der Waals surface area contributed by atoms with Gasteiger partial charge in [-0.25, -0.2) is 4.39 Å². The van der Waals surface area contributed by atoms with E-state index in [9.17, 15) is 8.78 Å². The van der Waals surface area contributed by atoms with Gasteiger partial charge in [-0.05, 0) is 6.42 Å². The van der Waals surface area contributed by atoms with Gasteiger partial charge in [0.2, 0.25) is 5.82 Å². The van der Waals surface area contributed by atoms with Crippen molar-refractivity contribution in [2.45, 2.75) is 19.8 Å². The zero-order valence-corrected chi connectivity index (χ0v) is 7.89. The van der Waals surface area contributed by atoms with E-state index < -0.39 is 11.6 Å². The number of aromatic hydroxyl groups is 1. The molecular formula is C10H12F2O2. The standard InChI is InChI=1S/C10H12F2O2/c1-2-3-4-14-9-6-7(13)5-8(11)10(9)12/h5-6,13H,2-4H2,1H3. The Hall–Kier alpha value is -1.32. The average molecular weight is 202 g/mol. The van der Waals surface area contributed by atoms with Crippen molar-refractivity contribution in [1.82, 2.24) is 0 Å². The van der Waals surface area contributed by atoms with Gasteiger partial charge in [-0.2, -0.15) is 4.39 Å². The Labute approximate surface area is 81.1 Å². The third kappa shape index (κ3) is 2.58. The Morgan fingerprint density at radius 2 is 2.07 bits per heavy atom. The number of ether oxygens (including phenoxy) is 1. The number of unbranched alkanes of at least 4 members (excludes halogenated alkanes) is 1. The highest BCUT2D eigenvalue weighted by Crippen LogP contribution is 2.25. The molecule has 1 rings (SSSR count). The smallest absolute Gasteiger partial charge is 0.200 e. The van der Waals surface area contributed by atoms with Crippen molar-refractivity contribution >= 4 is 0 Å². The third-order valence-corrected chi connectivity index (χ3v) is 1.74. The van der Waals surface area contributed by atoms with Gasteiger partial charge in [0.05, 0.1) is 6.61 Å². The quantitative estimate of drug-likeness (QED) is 0.761. The first-order valence-electron chi connectivity index (χ1n) is 4.46. The van der Waals surface area contributed by atoms with Crippen LogP contribution in [0.3, 0.4) is 0 Å². The van der Waals surface area contributed by atoms with Crippen LogP contribution in [-0.2, 0) is 0 Å². The normalized spacial score (nSPS) is 10.2. The van der Waals surface area contributed by atoms with Gasteiger partial charge in [0.1, 0.15) is 5.75 Å². The number of hydrogen-bond acceptors (Lipinski definition) is 2. The Kier molecular flexibility index (Phi) is 3.68. The molecule has 78 valence electrons. The Bertz CT molecular complexity index is 313. The number of benzene rings is 1. The van der Waals surface area contributed by atoms with E-state index in [1.54, 1.807) is 0 Å². The summed E-state index contributed by atoms with van der Waals surface area (Å²) < 4.78 is 30.7. The first kappa shape index (κ1) is 10.8. The fraction of sp³-hybridized carbons (Fsp3) is 0.400. The molecule has 1 aromatic rings. The van der Waals surface area contributed by atoms with E-state index >= 15 is 0 Å². The molecule has 1 aromatic carbocycles. The minimum atomic E-state index is -1.10. The average Bonchev–Trinajstić information content (AvgIpc) is 2.13. The molecule has 4 heteroatoms. The van der Waals surface area contributed by atoms with E-state index in [2.05, 4.69) is 0 Å². The molecule has 1 N–H and O–H groups in total. The summed E-state index contributed by atoms with van der Waals surface area (Å²) >= 11 is 0. The van der Waals surface area contributed by atoms with Gasteiger partial charge in [-0.1, -0.05) is 13.3 Å². The van der Waals surface area contributed by atoms with Gasteiger partial charge in [0.25, 0.3) is 0 Å². The summed E-state index contributed by atoms with van der Waals surface area (Å²) in [6.45, 7) is 2.28. The Morgan fingerprint density at radius 1 is 1.36 bits per heavy atom. The molecule has 0 aliphatic carbocycles. The second-order valence-electron chi connectivity index (χ2n) is 2.94. The molecule has 0 amide bonds. The van der Waals surface area contributed by atoms with Crippen molar-refractivity contribution in [3.63, 3.8) is 0 Å². The molecule has 0 fully saturated rings. The molecule has 0 spiro atoms. The summed E-state index contributed by atoms with van der Waals surface area (Å²) in [6, 6.07) is 1.77. The molecule has 0 aliphatic rings. The summed E-state index contributed by atoms with van der Waals surface area (Å²) in [4.78, 5) is 0. The molecule has 14 heavy (non-hydrogen) atoms. The van der Waals surface area contributed by atoms with Crippen LogP contribution in [-0.4, -0.2) is 11.7 Å². The van der Waals surface area contributed by atoms with Crippen LogP contribution in [0, 0.1) is 11.6 Å². The van der Waals surface area contributed by atoms with Crippen LogP contribution in [0.15, 0.2) is 12.1 Å². The van der Waals surface area contributed by atoms with Crippen molar-refractivity contribution < 1.29 is 18.6 Å². The summed E-state index contributed by atoms with van der Waals surface area (Å²) in [6.07, 6.45) is 1.67. The summed E-state index contributed by atoms with van der Waals surface area (Å²) in [5, 5.41) is 8.99. The highest BCUT2D eigenvalue weighted by molar-refractivity contribution is 5.34. The van der Waals surface area contributed by atoms with E-state index in [1.165, 1.54) is 0 Å². The van der Waals surface area contributed by atoms with Crippen LogP contribution in [0.2, 0.25) is 0 Å². The number of rotatable bonds is 4. The highest BCUT2D eigenvalue weighted by Gasteiger charge is 2.11. The van der Waals surface area contributed by atoms with Crippen LogP contribution in [0.5, 0.6) is 11.5 Å². The van der Waals surface area contributed by atoms with Gasteiger partial charge in [0.15, 0.2) is 11.6 Å². The predicted octanol–water partition coefficient (Wildman–Crippen LogP) is 2.85. The molecule has 0 heterocycles. The maximum atomic E-state index is 13.0. The molecule has 0 aliphatic heterocycles. The second kappa shape index (κ2) is 4.79. The van der Waals surface area contributed by atoms with Crippen molar-refractivity contribution in [3.05, 3.63) is 23.8 Å². The summed E-state index contributed by atoms with van der Waals surface area (Å²) in [7, 11) is 0. The molecular weight excluding hydrogens is 190 g/mol.